The number of hydrogen-bond donors (Lipinski definition) is 1. The number of amides is 1. The molecule has 2 rings (SSSR count). The lowest BCUT2D eigenvalue weighted by molar-refractivity contribution is -0.384. The lowest BCUT2D eigenvalue weighted by Gasteiger charge is -2.54. The van der Waals surface area contributed by atoms with E-state index >= 15 is 0 Å². The Balaban J connectivity index is 2.12. The zero-order valence-electron chi connectivity index (χ0n) is 20.5. The number of carboxylic acids is 1. The highest BCUT2D eigenvalue weighted by molar-refractivity contribution is 6.48. The number of carbonyl (C=O) groups excluding carboxylic acids is 2. The number of ether oxygens (including phenoxy) is 1. The standard InChI is InChI=1S/C23H34N2O8Si/c1-14(22(28)29)20-19(17(23(2,3)4)13-33-34(5)6)21(27)24(20)11-18(26)32-12-15-7-9-16(10-8-15)25(30)31/h7-10,14,17,19-20,34H,11-13H2,1-6H3,(H,28,29)/t14-,17-,19+,20-/m1/s1. The number of hydrogen-bond acceptors (Lipinski definition) is 7. The number of β-lactam (4-membered cyclic amide) rings is 1. The molecule has 188 valence electrons. The van der Waals surface area contributed by atoms with E-state index in [-0.39, 0.29) is 36.1 Å². The third-order valence-electron chi connectivity index (χ3n) is 6.20. The van der Waals surface area contributed by atoms with Gasteiger partial charge < -0.3 is 19.2 Å². The van der Waals surface area contributed by atoms with Crippen LogP contribution in [0.1, 0.15) is 33.3 Å². The van der Waals surface area contributed by atoms with Gasteiger partial charge in [-0.15, -0.1) is 0 Å². The van der Waals surface area contributed by atoms with Crippen molar-refractivity contribution in [3.8, 4) is 0 Å². The smallest absolute Gasteiger partial charge is 0.325 e. The van der Waals surface area contributed by atoms with Crippen LogP contribution in [0.15, 0.2) is 24.3 Å². The number of carboxylic acid groups (broad SMARTS) is 1. The van der Waals surface area contributed by atoms with Gasteiger partial charge in [-0.3, -0.25) is 24.5 Å². The van der Waals surface area contributed by atoms with Crippen molar-refractivity contribution in [2.75, 3.05) is 13.2 Å². The minimum Gasteiger partial charge on any atom is -0.481 e. The molecule has 0 aromatic heterocycles. The number of likely N-dealkylation sites (tertiary alicyclic amines) is 1. The molecule has 0 spiro atoms. The van der Waals surface area contributed by atoms with Crippen molar-refractivity contribution in [1.82, 2.24) is 4.90 Å². The second-order valence-electron chi connectivity index (χ2n) is 10.0. The van der Waals surface area contributed by atoms with Crippen LogP contribution in [0.5, 0.6) is 0 Å². The first-order valence-electron chi connectivity index (χ1n) is 11.3. The Kier molecular flexibility index (Phi) is 8.95. The molecule has 1 amide bonds. The Morgan fingerprint density at radius 3 is 2.29 bits per heavy atom. The van der Waals surface area contributed by atoms with E-state index in [9.17, 15) is 29.6 Å². The van der Waals surface area contributed by atoms with Crippen LogP contribution in [0, 0.1) is 33.3 Å². The predicted octanol–water partition coefficient (Wildman–Crippen LogP) is 2.85. The number of benzene rings is 1. The maximum absolute atomic E-state index is 13.2. The number of nitro benzene ring substituents is 1. The monoisotopic (exact) mass is 494 g/mol. The van der Waals surface area contributed by atoms with E-state index in [0.717, 1.165) is 0 Å². The second-order valence-corrected chi connectivity index (χ2v) is 12.5. The van der Waals surface area contributed by atoms with Crippen molar-refractivity contribution in [2.45, 2.75) is 53.4 Å². The fourth-order valence-corrected chi connectivity index (χ4v) is 4.76. The van der Waals surface area contributed by atoms with Gasteiger partial charge in [-0.2, -0.15) is 0 Å². The SMILES string of the molecule is C[C@@H](C(=O)O)[C@@H]1[C@H]([C@@H](CO[SiH](C)C)C(C)(C)C)C(=O)N1CC(=O)OCc1ccc([N+](=O)[O-])cc1. The number of aliphatic carboxylic acids is 1. The quantitative estimate of drug-likeness (QED) is 0.163. The van der Waals surface area contributed by atoms with E-state index < -0.39 is 43.8 Å². The first kappa shape index (κ1) is 27.5. The van der Waals surface area contributed by atoms with E-state index in [0.29, 0.717) is 12.2 Å². The molecule has 10 nitrogen and oxygen atoms in total. The largest absolute Gasteiger partial charge is 0.481 e. The van der Waals surface area contributed by atoms with Gasteiger partial charge in [-0.25, -0.2) is 0 Å². The highest BCUT2D eigenvalue weighted by atomic mass is 28.3. The van der Waals surface area contributed by atoms with Crippen LogP contribution in [0.4, 0.5) is 5.69 Å². The molecule has 0 unspecified atom stereocenters. The van der Waals surface area contributed by atoms with Crippen molar-refractivity contribution < 1.29 is 33.6 Å². The summed E-state index contributed by atoms with van der Waals surface area (Å²) in [4.78, 5) is 49.0. The lowest BCUT2D eigenvalue weighted by Crippen LogP contribution is -2.69. The molecular weight excluding hydrogens is 460 g/mol. The summed E-state index contributed by atoms with van der Waals surface area (Å²) >= 11 is 0. The van der Waals surface area contributed by atoms with Gasteiger partial charge in [0.1, 0.15) is 13.2 Å². The van der Waals surface area contributed by atoms with Crippen LogP contribution >= 0.6 is 0 Å². The van der Waals surface area contributed by atoms with Gasteiger partial charge in [-0.05, 0) is 49.0 Å². The van der Waals surface area contributed by atoms with Crippen LogP contribution in [-0.2, 0) is 30.2 Å². The lowest BCUT2D eigenvalue weighted by atomic mass is 9.64. The molecule has 0 aliphatic carbocycles. The van der Waals surface area contributed by atoms with Gasteiger partial charge >= 0.3 is 11.9 Å². The average Bonchev–Trinajstić information content (AvgIpc) is 2.74. The highest BCUT2D eigenvalue weighted by Crippen LogP contribution is 2.44. The fourth-order valence-electron chi connectivity index (χ4n) is 4.17. The molecular formula is C23H34N2O8Si. The summed E-state index contributed by atoms with van der Waals surface area (Å²) < 4.78 is 11.2. The third-order valence-corrected chi connectivity index (χ3v) is 7.06. The molecule has 0 radical (unpaired) electrons. The molecule has 1 fully saturated rings. The summed E-state index contributed by atoms with van der Waals surface area (Å²) in [7, 11) is -1.35. The van der Waals surface area contributed by atoms with Crippen molar-refractivity contribution in [3.05, 3.63) is 39.9 Å². The van der Waals surface area contributed by atoms with Crippen molar-refractivity contribution in [3.63, 3.8) is 0 Å². The topological polar surface area (TPSA) is 136 Å². The van der Waals surface area contributed by atoms with Gasteiger partial charge in [0.15, 0.2) is 9.04 Å². The van der Waals surface area contributed by atoms with Crippen molar-refractivity contribution in [2.24, 2.45) is 23.2 Å². The Bertz CT molecular complexity index is 913. The third kappa shape index (κ3) is 6.63. The minimum atomic E-state index is -1.35. The second kappa shape index (κ2) is 11.1. The highest BCUT2D eigenvalue weighted by Gasteiger charge is 2.57. The van der Waals surface area contributed by atoms with Crippen LogP contribution in [0.2, 0.25) is 13.1 Å². The van der Waals surface area contributed by atoms with Crippen LogP contribution in [0.3, 0.4) is 0 Å². The Morgan fingerprint density at radius 1 is 1.24 bits per heavy atom. The number of nitro groups is 1. The molecule has 0 bridgehead atoms. The van der Waals surface area contributed by atoms with Crippen molar-refractivity contribution >= 4 is 32.6 Å². The van der Waals surface area contributed by atoms with E-state index in [1.165, 1.54) is 29.2 Å². The predicted molar refractivity (Wildman–Crippen MR) is 126 cm³/mol. The normalized spacial score (nSPS) is 20.0. The Morgan fingerprint density at radius 2 is 1.82 bits per heavy atom. The van der Waals surface area contributed by atoms with E-state index in [4.69, 9.17) is 9.16 Å². The Hall–Kier alpha value is -2.79. The zero-order chi connectivity index (χ0) is 25.8. The minimum absolute atomic E-state index is 0.0738. The Labute approximate surface area is 201 Å². The molecule has 1 aliphatic rings. The number of nitrogens with zero attached hydrogens (tertiary/aromatic N) is 2. The van der Waals surface area contributed by atoms with E-state index in [2.05, 4.69) is 0 Å². The van der Waals surface area contributed by atoms with Gasteiger partial charge in [-0.1, -0.05) is 20.8 Å². The molecule has 1 aliphatic heterocycles. The number of non-ortho nitro benzene ring substituents is 1. The fraction of sp³-hybridized carbons (Fsp3) is 0.609. The van der Waals surface area contributed by atoms with Gasteiger partial charge in [0.2, 0.25) is 5.91 Å². The molecule has 1 N–H and O–H groups in total. The molecule has 1 saturated heterocycles. The first-order chi connectivity index (χ1) is 15.7. The number of esters is 1. The molecule has 0 saturated carbocycles. The average molecular weight is 495 g/mol. The van der Waals surface area contributed by atoms with Gasteiger partial charge in [0.25, 0.3) is 5.69 Å². The van der Waals surface area contributed by atoms with Gasteiger partial charge in [0, 0.05) is 18.7 Å². The molecule has 4 atom stereocenters. The summed E-state index contributed by atoms with van der Waals surface area (Å²) in [5.74, 6) is -3.63. The molecule has 1 aromatic carbocycles. The summed E-state index contributed by atoms with van der Waals surface area (Å²) in [5.41, 5.74) is 0.183. The first-order valence-corrected chi connectivity index (χ1v) is 14.1. The summed E-state index contributed by atoms with van der Waals surface area (Å²) in [6.45, 7) is 11.5. The van der Waals surface area contributed by atoms with Crippen molar-refractivity contribution in [1.29, 1.82) is 0 Å². The zero-order valence-corrected chi connectivity index (χ0v) is 21.7. The number of carbonyl (C=O) groups is 3. The molecule has 1 heterocycles. The number of rotatable bonds is 11. The summed E-state index contributed by atoms with van der Waals surface area (Å²) in [6, 6.07) is 4.94. The molecule has 34 heavy (non-hydrogen) atoms. The maximum Gasteiger partial charge on any atom is 0.325 e. The van der Waals surface area contributed by atoms with E-state index in [1.807, 2.05) is 33.9 Å². The summed E-state index contributed by atoms with van der Waals surface area (Å²) in [5, 5.41) is 20.4. The van der Waals surface area contributed by atoms with E-state index in [1.54, 1.807) is 6.92 Å². The molecule has 11 heteroatoms. The van der Waals surface area contributed by atoms with Crippen LogP contribution in [-0.4, -0.2) is 61.0 Å². The molecule has 1 aromatic rings. The van der Waals surface area contributed by atoms with Gasteiger partial charge in [0.05, 0.1) is 22.8 Å². The van der Waals surface area contributed by atoms with Crippen LogP contribution < -0.4 is 0 Å². The summed E-state index contributed by atoms with van der Waals surface area (Å²) in [6.07, 6.45) is 0. The van der Waals surface area contributed by atoms with Crippen LogP contribution in [0.25, 0.3) is 0 Å². The maximum atomic E-state index is 13.2.